The second-order valence-corrected chi connectivity index (χ2v) is 20.1. The van der Waals surface area contributed by atoms with Crippen molar-refractivity contribution in [2.24, 2.45) is 0 Å². The summed E-state index contributed by atoms with van der Waals surface area (Å²) in [6.45, 7) is 7.56. The number of nitrogens with one attached hydrogen (secondary N) is 1. The number of hydrogen-bond acceptors (Lipinski definition) is 10. The third-order valence-corrected chi connectivity index (χ3v) is 13.7. The molecule has 11 nitrogen and oxygen atoms in total. The lowest BCUT2D eigenvalue weighted by Gasteiger charge is -2.18. The Labute approximate surface area is 416 Å². The predicted molar refractivity (Wildman–Crippen MR) is 284 cm³/mol. The van der Waals surface area contributed by atoms with Gasteiger partial charge >= 0.3 is 11.7 Å². The minimum Gasteiger partial charge on any atom is -0.463 e. The molecule has 1 unspecified atom stereocenters. The van der Waals surface area contributed by atoms with E-state index in [9.17, 15) is 14.9 Å². The highest BCUT2D eigenvalue weighted by atomic mass is 16.6. The van der Waals surface area contributed by atoms with Crippen molar-refractivity contribution < 1.29 is 28.6 Å². The molecule has 394 valence electrons. The Bertz CT molecular complexity index is 1420. The van der Waals surface area contributed by atoms with Gasteiger partial charge in [-0.1, -0.05) is 251 Å². The van der Waals surface area contributed by atoms with Crippen LogP contribution in [0.3, 0.4) is 0 Å². The molecule has 1 aromatic carbocycles. The minimum absolute atomic E-state index is 0.104. The first-order chi connectivity index (χ1) is 33.6. The lowest BCUT2D eigenvalue weighted by molar-refractivity contribution is -0.383. The molecule has 2 aromatic rings. The van der Waals surface area contributed by atoms with Crippen molar-refractivity contribution in [2.75, 3.05) is 38.3 Å². The number of non-ortho nitro benzene ring substituents is 1. The number of esters is 1. The molecular weight excluding hydrogens is 853 g/mol. The van der Waals surface area contributed by atoms with Gasteiger partial charge in [0.15, 0.2) is 5.52 Å². The number of nitro benzene ring substituents is 1. The van der Waals surface area contributed by atoms with Crippen LogP contribution < -0.4 is 5.32 Å². The average Bonchev–Trinajstić information content (AvgIpc) is 3.84. The van der Waals surface area contributed by atoms with Crippen LogP contribution in [0.1, 0.15) is 284 Å². The van der Waals surface area contributed by atoms with Crippen LogP contribution in [0, 0.1) is 10.1 Å². The molecule has 1 atom stereocenters. The molecule has 68 heavy (non-hydrogen) atoms. The van der Waals surface area contributed by atoms with Gasteiger partial charge in [-0.3, -0.25) is 14.9 Å². The van der Waals surface area contributed by atoms with Gasteiger partial charge in [-0.05, 0) is 42.1 Å². The maximum absolute atomic E-state index is 12.7. The van der Waals surface area contributed by atoms with E-state index in [4.69, 9.17) is 18.8 Å². The average molecular weight is 957 g/mol. The third kappa shape index (κ3) is 35.3. The molecule has 1 N–H and O–H groups in total. The van der Waals surface area contributed by atoms with Crippen LogP contribution in [-0.4, -0.2) is 60.3 Å². The molecule has 0 radical (unpaired) electrons. The van der Waals surface area contributed by atoms with E-state index >= 15 is 0 Å². The molecule has 1 heterocycles. The number of benzene rings is 1. The van der Waals surface area contributed by atoms with Gasteiger partial charge in [0, 0.05) is 32.2 Å². The van der Waals surface area contributed by atoms with E-state index in [-0.39, 0.29) is 29.9 Å². The normalized spacial score (nSPS) is 12.0. The molecule has 0 saturated heterocycles. The zero-order valence-corrected chi connectivity index (χ0v) is 44.2. The largest absolute Gasteiger partial charge is 0.463 e. The van der Waals surface area contributed by atoms with Crippen LogP contribution >= 0.6 is 0 Å². The van der Waals surface area contributed by atoms with Crippen LogP contribution in [0.2, 0.25) is 0 Å². The van der Waals surface area contributed by atoms with Crippen molar-refractivity contribution >= 4 is 28.4 Å². The van der Waals surface area contributed by atoms with Crippen molar-refractivity contribution in [3.63, 3.8) is 0 Å². The molecule has 0 amide bonds. The molecule has 0 aliphatic carbocycles. The van der Waals surface area contributed by atoms with Crippen molar-refractivity contribution in [1.29, 1.82) is 0 Å². The minimum atomic E-state index is -0.474. The summed E-state index contributed by atoms with van der Waals surface area (Å²) in [4.78, 5) is 23.4. The zero-order chi connectivity index (χ0) is 48.6. The molecule has 0 aliphatic rings. The molecule has 11 heteroatoms. The lowest BCUT2D eigenvalue weighted by Crippen LogP contribution is -2.28. The van der Waals surface area contributed by atoms with Crippen molar-refractivity contribution in [1.82, 2.24) is 10.3 Å². The van der Waals surface area contributed by atoms with Crippen molar-refractivity contribution in [3.8, 4) is 0 Å². The van der Waals surface area contributed by atoms with Gasteiger partial charge in [0.2, 0.25) is 5.52 Å². The fourth-order valence-electron chi connectivity index (χ4n) is 9.27. The summed E-state index contributed by atoms with van der Waals surface area (Å²) in [6, 6.07) is 3.10. The number of carbonyl (C=O) groups is 1. The number of ether oxygens (including phenoxy) is 3. The van der Waals surface area contributed by atoms with Gasteiger partial charge in [-0.25, -0.2) is 4.63 Å². The number of unbranched alkanes of at least 4 members (excludes halogenated alkanes) is 38. The van der Waals surface area contributed by atoms with Gasteiger partial charge in [-0.15, -0.1) is 0 Å². The number of rotatable bonds is 53. The van der Waals surface area contributed by atoms with E-state index in [0.29, 0.717) is 30.8 Å². The number of nitrogens with zero attached hydrogens (tertiary/aromatic N) is 3. The first kappa shape index (κ1) is 61.3. The standard InChI is InChI=1S/C57H104N4O7/c1-3-5-7-9-11-13-15-17-19-21-23-25-30-34-38-42-48-65-50-52(66-49-43-39-35-31-26-24-22-20-18-16-14-12-10-8-6-4-2)51-67-55(62)44-40-36-32-28-27-29-33-37-41-47-58-53-45-46-54(61(63)64)57-56(53)59-68-60-57/h45-46,52,58H,3-44,47-51H2,1-2H3. The predicted octanol–water partition coefficient (Wildman–Crippen LogP) is 17.9. The first-order valence-corrected chi connectivity index (χ1v) is 29.0. The molecule has 0 aliphatic heterocycles. The molecule has 0 bridgehead atoms. The Morgan fingerprint density at radius 3 is 1.38 bits per heavy atom. The zero-order valence-electron chi connectivity index (χ0n) is 44.2. The van der Waals surface area contributed by atoms with E-state index in [1.54, 1.807) is 6.07 Å². The second-order valence-electron chi connectivity index (χ2n) is 20.1. The number of hydrogen-bond donors (Lipinski definition) is 1. The molecule has 0 saturated carbocycles. The number of aromatic nitrogens is 2. The Balaban J connectivity index is 1.50. The SMILES string of the molecule is CCCCCCCCCCCCCCCCCCOCC(COC(=O)CCCCCCCCCCCNc1ccc([N+](=O)[O-])c2nonc12)OCCCCCCCCCCCCCCCCCC. The lowest BCUT2D eigenvalue weighted by atomic mass is 10.0. The van der Waals surface area contributed by atoms with E-state index in [1.165, 1.54) is 224 Å². The maximum atomic E-state index is 12.7. The topological polar surface area (TPSA) is 139 Å². The summed E-state index contributed by atoms with van der Waals surface area (Å²) in [5.41, 5.74) is 1.16. The van der Waals surface area contributed by atoms with E-state index in [2.05, 4.69) is 29.5 Å². The van der Waals surface area contributed by atoms with E-state index in [1.807, 2.05) is 0 Å². The Morgan fingerprint density at radius 2 is 0.926 bits per heavy atom. The van der Waals surface area contributed by atoms with Crippen LogP contribution in [-0.2, 0) is 19.0 Å². The van der Waals surface area contributed by atoms with Crippen LogP contribution in [0.5, 0.6) is 0 Å². The fourth-order valence-corrected chi connectivity index (χ4v) is 9.27. The molecule has 0 spiro atoms. The Kier molecular flexibility index (Phi) is 42.0. The monoisotopic (exact) mass is 957 g/mol. The summed E-state index contributed by atoms with van der Waals surface area (Å²) < 4.78 is 22.8. The van der Waals surface area contributed by atoms with Crippen LogP contribution in [0.25, 0.3) is 11.0 Å². The fraction of sp³-hybridized carbons (Fsp3) is 0.877. The number of anilines is 1. The highest BCUT2D eigenvalue weighted by Crippen LogP contribution is 2.29. The van der Waals surface area contributed by atoms with E-state index in [0.717, 1.165) is 58.1 Å². The third-order valence-electron chi connectivity index (χ3n) is 13.7. The quantitative estimate of drug-likeness (QED) is 0.0295. The molecule has 1 aromatic heterocycles. The van der Waals surface area contributed by atoms with Crippen molar-refractivity contribution in [2.45, 2.75) is 290 Å². The summed E-state index contributed by atoms with van der Waals surface area (Å²) in [7, 11) is 0. The van der Waals surface area contributed by atoms with Gasteiger partial charge in [0.05, 0.1) is 17.2 Å². The number of carbonyl (C=O) groups excluding carboxylic acids is 1. The Morgan fingerprint density at radius 1 is 0.529 bits per heavy atom. The van der Waals surface area contributed by atoms with Gasteiger partial charge in [0.25, 0.3) is 0 Å². The van der Waals surface area contributed by atoms with Gasteiger partial charge < -0.3 is 19.5 Å². The summed E-state index contributed by atoms with van der Waals surface area (Å²) in [5.74, 6) is -0.123. The first-order valence-electron chi connectivity index (χ1n) is 29.0. The van der Waals surface area contributed by atoms with Gasteiger partial charge in [-0.2, -0.15) is 0 Å². The highest BCUT2D eigenvalue weighted by molar-refractivity contribution is 5.93. The summed E-state index contributed by atoms with van der Waals surface area (Å²) in [6.07, 6.45) is 53.6. The molecule has 0 fully saturated rings. The van der Waals surface area contributed by atoms with Crippen molar-refractivity contribution in [3.05, 3.63) is 22.2 Å². The highest BCUT2D eigenvalue weighted by Gasteiger charge is 2.19. The molecular formula is C57H104N4O7. The van der Waals surface area contributed by atoms with E-state index < -0.39 is 4.92 Å². The molecule has 2 rings (SSSR count). The number of nitro groups is 1. The number of fused-ring (bicyclic) bond motifs is 1. The van der Waals surface area contributed by atoms with Crippen LogP contribution in [0.4, 0.5) is 11.4 Å². The van der Waals surface area contributed by atoms with Crippen LogP contribution in [0.15, 0.2) is 16.8 Å². The van der Waals surface area contributed by atoms with Gasteiger partial charge in [0.1, 0.15) is 12.7 Å². The summed E-state index contributed by atoms with van der Waals surface area (Å²) >= 11 is 0. The Hall–Kier alpha value is -2.79. The second kappa shape index (κ2) is 46.6. The maximum Gasteiger partial charge on any atom is 0.305 e. The summed E-state index contributed by atoms with van der Waals surface area (Å²) in [5, 5.41) is 22.1. The smallest absolute Gasteiger partial charge is 0.305 e.